The molecule has 0 spiro atoms. The molecule has 1 N–H and O–H groups in total. The molecule has 4 aromatic carbocycles. The van der Waals surface area contributed by atoms with Crippen LogP contribution in [0.2, 0.25) is 0 Å². The molecule has 0 bridgehead atoms. The number of H-pyrrole nitrogens is 1. The molecule has 0 aliphatic carbocycles. The van der Waals surface area contributed by atoms with E-state index in [9.17, 15) is 9.59 Å². The minimum atomic E-state index is -0.498. The average Bonchev–Trinajstić information content (AvgIpc) is 4.05. The highest BCUT2D eigenvalue weighted by atomic mass is 35.5. The predicted octanol–water partition coefficient (Wildman–Crippen LogP) is 8.69. The fraction of sp³-hybridized carbons (Fsp3) is 0.240. The lowest BCUT2D eigenvalue weighted by atomic mass is 10.1. The number of aromatic nitrogens is 10. The van der Waals surface area contributed by atoms with Gasteiger partial charge >= 0.3 is 0 Å². The second-order valence-electron chi connectivity index (χ2n) is 14.1. The molecule has 0 unspecified atom stereocenters. The van der Waals surface area contributed by atoms with Crippen molar-refractivity contribution in [3.05, 3.63) is 180 Å². The number of nitrogens with one attached hydrogen (secondary N) is 1. The number of carbonyl (C=O) groups is 2. The smallest absolute Gasteiger partial charge is 0.283 e. The molecule has 0 saturated carbocycles. The number of ether oxygens (including phenoxy) is 2. The largest absolute Gasteiger partial charge is 0.496 e. The minimum absolute atomic E-state index is 0.293. The van der Waals surface area contributed by atoms with E-state index in [1.807, 2.05) is 54.6 Å². The number of para-hydroxylation sites is 2. The normalized spacial score (nSPS) is 10.3. The Balaban J connectivity index is 0.000000188. The zero-order valence-corrected chi connectivity index (χ0v) is 38.5. The van der Waals surface area contributed by atoms with E-state index in [0.717, 1.165) is 36.3 Å². The van der Waals surface area contributed by atoms with Crippen LogP contribution in [0.3, 0.4) is 0 Å². The third kappa shape index (κ3) is 15.1. The van der Waals surface area contributed by atoms with Crippen LogP contribution in [-0.2, 0) is 25.7 Å². The van der Waals surface area contributed by atoms with Gasteiger partial charge in [0.15, 0.2) is 5.82 Å². The van der Waals surface area contributed by atoms with Crippen molar-refractivity contribution in [2.45, 2.75) is 46.5 Å². The van der Waals surface area contributed by atoms with Crippen molar-refractivity contribution < 1.29 is 19.1 Å². The van der Waals surface area contributed by atoms with Gasteiger partial charge in [0, 0.05) is 25.2 Å². The molecule has 8 aromatic rings. The van der Waals surface area contributed by atoms with Crippen LogP contribution in [0.4, 0.5) is 0 Å². The maximum Gasteiger partial charge on any atom is 0.283 e. The van der Waals surface area contributed by atoms with Crippen molar-refractivity contribution in [2.24, 2.45) is 0 Å². The highest BCUT2D eigenvalue weighted by Gasteiger charge is 2.22. The standard InChI is InChI=1S/C22H19N5O2.C14H13N5.C8H7ClO2.C6H15N/c1-29-19-10-6-5-9-17(19)22(28)27-20(12-11-16-7-3-2-4-8-16)25-21(26-27)18-13-14-23-15-24-18;1-2-4-11(5-3-1)6-7-13-17-14(19-18-13)12-8-9-15-10-16-12;1-11-7-5-3-2-4-6(7)8(9)10;1-4-7(5-2)6-3/h2-10,13-15H,11-12H2,1H3;1-5,8-10H,6-7H2,(H,17,18,19);2-5H,1H3;4-6H2,1-3H3. The topological polar surface area (TPSA) is 180 Å². The SMILES string of the molecule is CCN(CC)CC.COc1ccccc1C(=O)Cl.COc1ccccc1C(=O)n1nc(-c2ccncn2)nc1CCc1ccccc1.c1ccc(CCc2nc(-c3ccncn3)n[nH]2)cc1. The van der Waals surface area contributed by atoms with Crippen molar-refractivity contribution in [2.75, 3.05) is 33.9 Å². The number of carbonyl (C=O) groups excluding carboxylic acids is 2. The molecular weight excluding hydrogens is 854 g/mol. The first-order chi connectivity index (χ1) is 32.3. The number of benzene rings is 4. The van der Waals surface area contributed by atoms with Crippen LogP contribution in [-0.4, -0.2) is 99.8 Å². The first-order valence-corrected chi connectivity index (χ1v) is 21.9. The van der Waals surface area contributed by atoms with Gasteiger partial charge in [-0.3, -0.25) is 14.7 Å². The van der Waals surface area contributed by atoms with Crippen LogP contribution >= 0.6 is 11.6 Å². The summed E-state index contributed by atoms with van der Waals surface area (Å²) in [4.78, 5) is 51.5. The van der Waals surface area contributed by atoms with Crippen LogP contribution in [0.15, 0.2) is 146 Å². The van der Waals surface area contributed by atoms with Gasteiger partial charge in [0.1, 0.15) is 47.2 Å². The number of aryl methyl sites for hydroxylation is 4. The second kappa shape index (κ2) is 27.0. The highest BCUT2D eigenvalue weighted by molar-refractivity contribution is 6.68. The van der Waals surface area contributed by atoms with E-state index in [0.29, 0.717) is 52.2 Å². The Morgan fingerprint density at radius 3 is 1.59 bits per heavy atom. The summed E-state index contributed by atoms with van der Waals surface area (Å²) in [6, 6.07) is 37.8. The number of halogens is 1. The Bertz CT molecular complexity index is 2640. The third-order valence-electron chi connectivity index (χ3n) is 9.99. The summed E-state index contributed by atoms with van der Waals surface area (Å²) in [6.45, 7) is 10.1. The molecule has 0 radical (unpaired) electrons. The van der Waals surface area contributed by atoms with Gasteiger partial charge in [-0.15, -0.1) is 5.10 Å². The molecule has 4 aromatic heterocycles. The number of hydrogen-bond donors (Lipinski definition) is 1. The van der Waals surface area contributed by atoms with Gasteiger partial charge in [-0.25, -0.2) is 29.9 Å². The van der Waals surface area contributed by atoms with Gasteiger partial charge in [-0.1, -0.05) is 106 Å². The van der Waals surface area contributed by atoms with Gasteiger partial charge in [0.25, 0.3) is 11.1 Å². The maximum absolute atomic E-state index is 13.3. The van der Waals surface area contributed by atoms with E-state index in [2.05, 4.69) is 83.0 Å². The van der Waals surface area contributed by atoms with E-state index < -0.39 is 5.24 Å². The lowest BCUT2D eigenvalue weighted by Crippen LogP contribution is -2.21. The van der Waals surface area contributed by atoms with Gasteiger partial charge in [0.2, 0.25) is 5.82 Å². The number of rotatable bonds is 15. The molecule has 4 heterocycles. The molecule has 0 aliphatic heterocycles. The van der Waals surface area contributed by atoms with E-state index >= 15 is 0 Å². The summed E-state index contributed by atoms with van der Waals surface area (Å²) < 4.78 is 11.6. The summed E-state index contributed by atoms with van der Waals surface area (Å²) in [5.74, 6) is 3.15. The molecule has 66 heavy (non-hydrogen) atoms. The van der Waals surface area contributed by atoms with E-state index in [-0.39, 0.29) is 5.91 Å². The van der Waals surface area contributed by atoms with Crippen molar-refractivity contribution in [3.8, 4) is 34.5 Å². The second-order valence-corrected chi connectivity index (χ2v) is 14.5. The predicted molar refractivity (Wildman–Crippen MR) is 256 cm³/mol. The molecular formula is C50H54ClN11O4. The molecule has 15 nitrogen and oxygen atoms in total. The average molecular weight is 909 g/mol. The number of aromatic amines is 1. The lowest BCUT2D eigenvalue weighted by Gasteiger charge is -2.13. The summed E-state index contributed by atoms with van der Waals surface area (Å²) >= 11 is 5.27. The molecule has 16 heteroatoms. The molecule has 0 amide bonds. The maximum atomic E-state index is 13.3. The highest BCUT2D eigenvalue weighted by Crippen LogP contribution is 2.22. The first kappa shape index (κ1) is 49.5. The van der Waals surface area contributed by atoms with Crippen LogP contribution < -0.4 is 9.47 Å². The summed E-state index contributed by atoms with van der Waals surface area (Å²) in [6.07, 6.45) is 9.31. The lowest BCUT2D eigenvalue weighted by molar-refractivity contribution is 0.0937. The van der Waals surface area contributed by atoms with Crippen LogP contribution in [0.5, 0.6) is 11.5 Å². The molecule has 0 atom stereocenters. The Labute approximate surface area is 390 Å². The summed E-state index contributed by atoms with van der Waals surface area (Å²) in [7, 11) is 3.04. The third-order valence-corrected chi connectivity index (χ3v) is 10.2. The quantitative estimate of drug-likeness (QED) is 0.0967. The fourth-order valence-corrected chi connectivity index (χ4v) is 6.52. The molecule has 0 aliphatic rings. The van der Waals surface area contributed by atoms with Crippen molar-refractivity contribution in [1.82, 2.24) is 54.8 Å². The van der Waals surface area contributed by atoms with Crippen molar-refractivity contribution >= 4 is 22.8 Å². The van der Waals surface area contributed by atoms with Crippen molar-refractivity contribution in [1.29, 1.82) is 0 Å². The Hall–Kier alpha value is -7.49. The Kier molecular flexibility index (Phi) is 20.2. The first-order valence-electron chi connectivity index (χ1n) is 21.5. The molecule has 0 fully saturated rings. The molecule has 8 rings (SSSR count). The number of methoxy groups -OCH3 is 2. The number of hydrogen-bond acceptors (Lipinski definition) is 13. The monoisotopic (exact) mass is 907 g/mol. The van der Waals surface area contributed by atoms with Crippen LogP contribution in [0.1, 0.15) is 64.3 Å². The number of nitrogens with zero attached hydrogens (tertiary/aromatic N) is 10. The molecule has 0 saturated heterocycles. The van der Waals surface area contributed by atoms with Gasteiger partial charge < -0.3 is 14.4 Å². The molecule has 340 valence electrons. The van der Waals surface area contributed by atoms with Gasteiger partial charge in [0.05, 0.1) is 25.3 Å². The van der Waals surface area contributed by atoms with Gasteiger partial charge in [-0.05, 0) is 91.6 Å². The fourth-order valence-electron chi connectivity index (χ4n) is 6.37. The van der Waals surface area contributed by atoms with Crippen LogP contribution in [0, 0.1) is 0 Å². The van der Waals surface area contributed by atoms with E-state index in [1.165, 1.54) is 56.8 Å². The van der Waals surface area contributed by atoms with E-state index in [4.69, 9.17) is 21.1 Å². The zero-order valence-electron chi connectivity index (χ0n) is 37.8. The van der Waals surface area contributed by atoms with E-state index in [1.54, 1.807) is 67.0 Å². The minimum Gasteiger partial charge on any atom is -0.496 e. The van der Waals surface area contributed by atoms with Gasteiger partial charge in [-0.2, -0.15) is 9.78 Å². The summed E-state index contributed by atoms with van der Waals surface area (Å²) in [5, 5.41) is 11.1. The van der Waals surface area contributed by atoms with Crippen LogP contribution in [0.25, 0.3) is 23.0 Å². The zero-order chi connectivity index (χ0) is 46.9. The van der Waals surface area contributed by atoms with Crippen molar-refractivity contribution in [3.63, 3.8) is 0 Å². The Morgan fingerprint density at radius 2 is 1.11 bits per heavy atom. The Morgan fingerprint density at radius 1 is 0.606 bits per heavy atom. The summed E-state index contributed by atoms with van der Waals surface area (Å²) in [5.41, 5.74) is 4.58.